The SMILES string of the molecule is Cc1cc(Oc2cccc(F)c2)nc(-c2ccc(C(F)(F)F)cc2)c1. The van der Waals surface area contributed by atoms with Crippen LogP contribution in [0.4, 0.5) is 17.6 Å². The van der Waals surface area contributed by atoms with Gasteiger partial charge in [0.25, 0.3) is 0 Å². The third-order valence-electron chi connectivity index (χ3n) is 3.47. The van der Waals surface area contributed by atoms with Crippen LogP contribution in [0.25, 0.3) is 11.3 Å². The summed E-state index contributed by atoms with van der Waals surface area (Å²) < 4.78 is 56.8. The fraction of sp³-hybridized carbons (Fsp3) is 0.105. The molecular formula is C19H13F4NO. The average Bonchev–Trinajstić information content (AvgIpc) is 2.53. The lowest BCUT2D eigenvalue weighted by Crippen LogP contribution is -2.04. The van der Waals surface area contributed by atoms with Gasteiger partial charge in [0, 0.05) is 17.7 Å². The van der Waals surface area contributed by atoms with Crippen LogP contribution in [0.2, 0.25) is 0 Å². The van der Waals surface area contributed by atoms with Gasteiger partial charge in [-0.05, 0) is 42.8 Å². The summed E-state index contributed by atoms with van der Waals surface area (Å²) in [6.07, 6.45) is -4.38. The van der Waals surface area contributed by atoms with E-state index in [2.05, 4.69) is 4.98 Å². The highest BCUT2D eigenvalue weighted by atomic mass is 19.4. The standard InChI is InChI=1S/C19H13F4NO/c1-12-9-17(13-5-7-14(8-6-13)19(21,22)23)24-18(10-12)25-16-4-2-3-15(20)11-16/h2-11H,1H3. The number of alkyl halides is 3. The van der Waals surface area contributed by atoms with Crippen molar-refractivity contribution in [3.05, 3.63) is 77.6 Å². The number of benzene rings is 2. The highest BCUT2D eigenvalue weighted by Gasteiger charge is 2.30. The van der Waals surface area contributed by atoms with E-state index in [0.29, 0.717) is 11.3 Å². The zero-order valence-corrected chi connectivity index (χ0v) is 13.1. The Hall–Kier alpha value is -2.89. The van der Waals surface area contributed by atoms with Crippen molar-refractivity contribution >= 4 is 0 Å². The molecule has 25 heavy (non-hydrogen) atoms. The second-order valence-electron chi connectivity index (χ2n) is 5.50. The quantitative estimate of drug-likeness (QED) is 0.542. The molecule has 0 radical (unpaired) electrons. The smallest absolute Gasteiger partial charge is 0.416 e. The van der Waals surface area contributed by atoms with Gasteiger partial charge in [-0.25, -0.2) is 9.37 Å². The van der Waals surface area contributed by atoms with Crippen molar-refractivity contribution in [1.29, 1.82) is 0 Å². The van der Waals surface area contributed by atoms with Gasteiger partial charge >= 0.3 is 6.18 Å². The van der Waals surface area contributed by atoms with Crippen LogP contribution in [-0.4, -0.2) is 4.98 Å². The number of halogens is 4. The number of hydrogen-bond acceptors (Lipinski definition) is 2. The van der Waals surface area contributed by atoms with E-state index in [1.165, 1.54) is 30.3 Å². The number of nitrogens with zero attached hydrogens (tertiary/aromatic N) is 1. The zero-order valence-electron chi connectivity index (χ0n) is 13.1. The van der Waals surface area contributed by atoms with Crippen LogP contribution >= 0.6 is 0 Å². The van der Waals surface area contributed by atoms with Gasteiger partial charge in [0.2, 0.25) is 5.88 Å². The molecule has 0 spiro atoms. The van der Waals surface area contributed by atoms with E-state index < -0.39 is 17.6 Å². The fourth-order valence-corrected chi connectivity index (χ4v) is 2.32. The molecule has 0 aliphatic carbocycles. The second kappa shape index (κ2) is 6.55. The Morgan fingerprint density at radius 1 is 0.920 bits per heavy atom. The van der Waals surface area contributed by atoms with Crippen LogP contribution in [0.5, 0.6) is 11.6 Å². The summed E-state index contributed by atoms with van der Waals surface area (Å²) in [5.41, 5.74) is 1.09. The number of aromatic nitrogens is 1. The molecule has 0 atom stereocenters. The van der Waals surface area contributed by atoms with E-state index in [-0.39, 0.29) is 11.6 Å². The van der Waals surface area contributed by atoms with Crippen molar-refractivity contribution in [2.75, 3.05) is 0 Å². The summed E-state index contributed by atoms with van der Waals surface area (Å²) in [6.45, 7) is 1.81. The van der Waals surface area contributed by atoms with E-state index in [1.54, 1.807) is 18.2 Å². The molecule has 0 aliphatic rings. The first-order valence-corrected chi connectivity index (χ1v) is 7.41. The Balaban J connectivity index is 1.91. The van der Waals surface area contributed by atoms with Crippen LogP contribution in [0.3, 0.4) is 0 Å². The molecule has 128 valence electrons. The first-order valence-electron chi connectivity index (χ1n) is 7.41. The number of hydrogen-bond donors (Lipinski definition) is 0. The molecule has 3 aromatic rings. The maximum absolute atomic E-state index is 13.2. The second-order valence-corrected chi connectivity index (χ2v) is 5.50. The fourth-order valence-electron chi connectivity index (χ4n) is 2.32. The van der Waals surface area contributed by atoms with Crippen molar-refractivity contribution in [2.45, 2.75) is 13.1 Å². The maximum Gasteiger partial charge on any atom is 0.416 e. The molecule has 0 amide bonds. The van der Waals surface area contributed by atoms with Gasteiger partial charge in [0.1, 0.15) is 11.6 Å². The molecule has 0 bridgehead atoms. The van der Waals surface area contributed by atoms with Crippen LogP contribution in [0, 0.1) is 12.7 Å². The molecule has 2 aromatic carbocycles. The third-order valence-corrected chi connectivity index (χ3v) is 3.47. The lowest BCUT2D eigenvalue weighted by molar-refractivity contribution is -0.137. The third kappa shape index (κ3) is 4.15. The van der Waals surface area contributed by atoms with Gasteiger partial charge in [0.05, 0.1) is 11.3 Å². The van der Waals surface area contributed by atoms with Crippen LogP contribution in [0.1, 0.15) is 11.1 Å². The molecule has 2 nitrogen and oxygen atoms in total. The highest BCUT2D eigenvalue weighted by Crippen LogP contribution is 2.31. The molecule has 1 heterocycles. The molecule has 0 unspecified atom stereocenters. The van der Waals surface area contributed by atoms with Crippen LogP contribution in [0.15, 0.2) is 60.7 Å². The normalized spacial score (nSPS) is 11.4. The minimum atomic E-state index is -4.38. The Labute approximate surface area is 141 Å². The van der Waals surface area contributed by atoms with E-state index in [0.717, 1.165) is 17.7 Å². The van der Waals surface area contributed by atoms with Gasteiger partial charge < -0.3 is 4.74 Å². The molecule has 1 aromatic heterocycles. The van der Waals surface area contributed by atoms with Gasteiger partial charge in [-0.15, -0.1) is 0 Å². The average molecular weight is 347 g/mol. The topological polar surface area (TPSA) is 22.1 Å². The molecule has 0 fully saturated rings. The summed E-state index contributed by atoms with van der Waals surface area (Å²) >= 11 is 0. The minimum Gasteiger partial charge on any atom is -0.439 e. The van der Waals surface area contributed by atoms with Crippen molar-refractivity contribution in [3.63, 3.8) is 0 Å². The van der Waals surface area contributed by atoms with Crippen LogP contribution < -0.4 is 4.74 Å². The summed E-state index contributed by atoms with van der Waals surface area (Å²) in [4.78, 5) is 4.29. The van der Waals surface area contributed by atoms with E-state index in [1.807, 2.05) is 6.92 Å². The minimum absolute atomic E-state index is 0.237. The largest absolute Gasteiger partial charge is 0.439 e. The number of aryl methyl sites for hydroxylation is 1. The summed E-state index contributed by atoms with van der Waals surface area (Å²) in [5.74, 6) is 0.0880. The Morgan fingerprint density at radius 2 is 1.64 bits per heavy atom. The van der Waals surface area contributed by atoms with Gasteiger partial charge in [0.15, 0.2) is 0 Å². The molecule has 0 aliphatic heterocycles. The predicted octanol–water partition coefficient (Wildman–Crippen LogP) is 6.01. The Bertz CT molecular complexity index is 889. The number of rotatable bonds is 3. The van der Waals surface area contributed by atoms with Crippen LogP contribution in [-0.2, 0) is 6.18 Å². The Morgan fingerprint density at radius 3 is 2.28 bits per heavy atom. The predicted molar refractivity (Wildman–Crippen MR) is 85.9 cm³/mol. The van der Waals surface area contributed by atoms with Gasteiger partial charge in [-0.3, -0.25) is 0 Å². The first kappa shape index (κ1) is 17.0. The zero-order chi connectivity index (χ0) is 18.0. The maximum atomic E-state index is 13.2. The molecule has 0 N–H and O–H groups in total. The van der Waals surface area contributed by atoms with Crippen molar-refractivity contribution < 1.29 is 22.3 Å². The highest BCUT2D eigenvalue weighted by molar-refractivity contribution is 5.61. The molecule has 0 saturated heterocycles. The van der Waals surface area contributed by atoms with Crippen molar-refractivity contribution in [3.8, 4) is 22.9 Å². The molecule has 3 rings (SSSR count). The van der Waals surface area contributed by atoms with Crippen molar-refractivity contribution in [1.82, 2.24) is 4.98 Å². The monoisotopic (exact) mass is 347 g/mol. The lowest BCUT2D eigenvalue weighted by Gasteiger charge is -2.10. The summed E-state index contributed by atoms with van der Waals surface area (Å²) in [5, 5.41) is 0. The van der Waals surface area contributed by atoms with Gasteiger partial charge in [-0.2, -0.15) is 13.2 Å². The molecule has 0 saturated carbocycles. The molecule has 6 heteroatoms. The Kier molecular flexibility index (Phi) is 4.44. The van der Waals surface area contributed by atoms with E-state index >= 15 is 0 Å². The number of ether oxygens (including phenoxy) is 1. The molecular weight excluding hydrogens is 334 g/mol. The van der Waals surface area contributed by atoms with E-state index in [4.69, 9.17) is 4.74 Å². The summed E-state index contributed by atoms with van der Waals surface area (Å²) in [6, 6.07) is 13.7. The lowest BCUT2D eigenvalue weighted by atomic mass is 10.1. The first-order chi connectivity index (χ1) is 11.8. The van der Waals surface area contributed by atoms with Crippen molar-refractivity contribution in [2.24, 2.45) is 0 Å². The van der Waals surface area contributed by atoms with E-state index in [9.17, 15) is 17.6 Å². The van der Waals surface area contributed by atoms with Gasteiger partial charge in [-0.1, -0.05) is 18.2 Å². The summed E-state index contributed by atoms with van der Waals surface area (Å²) in [7, 11) is 0. The number of pyridine rings is 1.